The number of anilines is 1. The molecule has 2 aliphatic heterocycles. The second-order valence-electron chi connectivity index (χ2n) is 9.28. The standard InChI is InChI=1S/C26H24BrCl2N3O2/c1-32(34)25(33)31(23-12-21(28)11-22(29)13-23)17-26(32)16-30(14-18-5-3-2-4-6-18)15-24(26)19-7-9-20(27)10-8-19/h2-13,24H,14-17H2,1H3/t24-,26-,32?/m0/s1. The van der Waals surface area contributed by atoms with Crippen LogP contribution in [-0.4, -0.2) is 47.8 Å². The van der Waals surface area contributed by atoms with Gasteiger partial charge in [-0.3, -0.25) is 14.4 Å². The van der Waals surface area contributed by atoms with Gasteiger partial charge < -0.3 is 5.21 Å². The van der Waals surface area contributed by atoms with Gasteiger partial charge >= 0.3 is 6.03 Å². The van der Waals surface area contributed by atoms with Crippen LogP contribution in [0, 0.1) is 5.21 Å². The molecule has 2 heterocycles. The SMILES string of the molecule is C[N+]1([O-])C(=O)N(c2cc(Cl)cc(Cl)c2)C[C@]12CN(Cc1ccccc1)C[C@H]2c1ccc(Br)cc1. The van der Waals surface area contributed by atoms with E-state index in [9.17, 15) is 10.0 Å². The predicted octanol–water partition coefficient (Wildman–Crippen LogP) is 6.68. The van der Waals surface area contributed by atoms with E-state index in [1.165, 1.54) is 12.6 Å². The van der Waals surface area contributed by atoms with Crippen LogP contribution in [-0.2, 0) is 6.54 Å². The molecule has 0 bridgehead atoms. The third kappa shape index (κ3) is 4.06. The Morgan fingerprint density at radius 1 is 1.03 bits per heavy atom. The summed E-state index contributed by atoms with van der Waals surface area (Å²) in [4.78, 5) is 17.4. The Morgan fingerprint density at radius 3 is 2.32 bits per heavy atom. The summed E-state index contributed by atoms with van der Waals surface area (Å²) < 4.78 is -0.00937. The normalized spacial score (nSPS) is 27.1. The van der Waals surface area contributed by atoms with Crippen LogP contribution in [0.4, 0.5) is 10.5 Å². The van der Waals surface area contributed by atoms with Crippen LogP contribution in [0.3, 0.4) is 0 Å². The first kappa shape index (κ1) is 23.8. The molecule has 0 aliphatic carbocycles. The number of halogens is 3. The van der Waals surface area contributed by atoms with Gasteiger partial charge in [0.25, 0.3) is 0 Å². The number of quaternary nitrogens is 1. The molecule has 5 nitrogen and oxygen atoms in total. The summed E-state index contributed by atoms with van der Waals surface area (Å²) in [5.74, 6) is -0.129. The van der Waals surface area contributed by atoms with Gasteiger partial charge in [-0.05, 0) is 41.5 Å². The maximum Gasteiger partial charge on any atom is 0.424 e. The molecule has 1 spiro atoms. The second kappa shape index (κ2) is 8.94. The van der Waals surface area contributed by atoms with E-state index in [-0.39, 0.29) is 12.5 Å². The minimum atomic E-state index is -0.983. The number of urea groups is 1. The molecule has 5 rings (SSSR count). The summed E-state index contributed by atoms with van der Waals surface area (Å²) in [7, 11) is 1.49. The molecule has 2 saturated heterocycles. The number of nitrogens with zero attached hydrogens (tertiary/aromatic N) is 3. The van der Waals surface area contributed by atoms with Crippen LogP contribution < -0.4 is 4.90 Å². The number of benzene rings is 3. The molecule has 0 saturated carbocycles. The molecule has 0 radical (unpaired) electrons. The van der Waals surface area contributed by atoms with Gasteiger partial charge in [0.1, 0.15) is 5.54 Å². The summed E-state index contributed by atoms with van der Waals surface area (Å²) in [5, 5.41) is 15.1. The van der Waals surface area contributed by atoms with Crippen LogP contribution in [0.25, 0.3) is 0 Å². The molecule has 0 N–H and O–H groups in total. The number of rotatable bonds is 4. The lowest BCUT2D eigenvalue weighted by atomic mass is 9.81. The van der Waals surface area contributed by atoms with E-state index in [1.54, 1.807) is 23.1 Å². The van der Waals surface area contributed by atoms with E-state index in [1.807, 2.05) is 42.5 Å². The van der Waals surface area contributed by atoms with E-state index in [0.29, 0.717) is 35.4 Å². The monoisotopic (exact) mass is 559 g/mol. The largest absolute Gasteiger partial charge is 0.623 e. The first-order valence-corrected chi connectivity index (χ1v) is 12.6. The van der Waals surface area contributed by atoms with Crippen LogP contribution in [0.15, 0.2) is 77.3 Å². The van der Waals surface area contributed by atoms with Crippen molar-refractivity contribution < 1.29 is 9.44 Å². The van der Waals surface area contributed by atoms with Gasteiger partial charge in [0, 0.05) is 27.6 Å². The van der Waals surface area contributed by atoms with Crippen molar-refractivity contribution >= 4 is 50.9 Å². The van der Waals surface area contributed by atoms with Crippen LogP contribution in [0.5, 0.6) is 0 Å². The van der Waals surface area contributed by atoms with Gasteiger partial charge in [-0.1, -0.05) is 81.6 Å². The molecule has 0 aromatic heterocycles. The maximum atomic E-state index is 14.2. The number of carbonyl (C=O) groups is 1. The number of likely N-dealkylation sites (N-methyl/N-ethyl adjacent to an activating group) is 1. The number of carbonyl (C=O) groups excluding carboxylic acids is 1. The van der Waals surface area contributed by atoms with Crippen molar-refractivity contribution in [1.82, 2.24) is 4.90 Å². The number of amides is 2. The molecule has 34 heavy (non-hydrogen) atoms. The van der Waals surface area contributed by atoms with Crippen molar-refractivity contribution in [2.24, 2.45) is 0 Å². The van der Waals surface area contributed by atoms with E-state index in [4.69, 9.17) is 23.2 Å². The van der Waals surface area contributed by atoms with Gasteiger partial charge in [-0.15, -0.1) is 0 Å². The molecule has 1 unspecified atom stereocenters. The number of hydrogen-bond acceptors (Lipinski definition) is 3. The van der Waals surface area contributed by atoms with E-state index < -0.39 is 16.2 Å². The minimum absolute atomic E-state index is 0.129. The van der Waals surface area contributed by atoms with Crippen LogP contribution in [0.2, 0.25) is 10.0 Å². The molecule has 3 atom stereocenters. The summed E-state index contributed by atoms with van der Waals surface area (Å²) in [5.41, 5.74) is 1.90. The van der Waals surface area contributed by atoms with Gasteiger partial charge in [0.2, 0.25) is 0 Å². The van der Waals surface area contributed by atoms with E-state index >= 15 is 0 Å². The average molecular weight is 561 g/mol. The highest BCUT2D eigenvalue weighted by atomic mass is 79.9. The zero-order valence-corrected chi connectivity index (χ0v) is 21.7. The molecule has 8 heteroatoms. The summed E-state index contributed by atoms with van der Waals surface area (Å²) in [6.45, 7) is 2.19. The second-order valence-corrected chi connectivity index (χ2v) is 11.1. The van der Waals surface area contributed by atoms with Crippen molar-refractivity contribution in [2.45, 2.75) is 18.0 Å². The van der Waals surface area contributed by atoms with Gasteiger partial charge in [-0.2, -0.15) is 0 Å². The molecule has 2 fully saturated rings. The Bertz CT molecular complexity index is 1200. The fourth-order valence-corrected chi connectivity index (χ4v) is 6.23. The van der Waals surface area contributed by atoms with Gasteiger partial charge in [0.15, 0.2) is 0 Å². The molecule has 3 aromatic carbocycles. The fourth-order valence-electron chi connectivity index (χ4n) is 5.45. The topological polar surface area (TPSA) is 46.6 Å². The van der Waals surface area contributed by atoms with Crippen molar-refractivity contribution in [3.05, 3.63) is 104 Å². The highest BCUT2D eigenvalue weighted by Crippen LogP contribution is 2.49. The molecular weight excluding hydrogens is 537 g/mol. The third-order valence-corrected chi connectivity index (χ3v) is 8.11. The van der Waals surface area contributed by atoms with Crippen molar-refractivity contribution in [3.8, 4) is 0 Å². The van der Waals surface area contributed by atoms with Crippen molar-refractivity contribution in [2.75, 3.05) is 31.6 Å². The number of likely N-dealkylation sites (tertiary alicyclic amines) is 1. The molecular formula is C26H24BrCl2N3O2. The van der Waals surface area contributed by atoms with Crippen LogP contribution in [0.1, 0.15) is 17.0 Å². The smallest absolute Gasteiger partial charge is 0.424 e. The van der Waals surface area contributed by atoms with Gasteiger partial charge in [-0.25, -0.2) is 4.79 Å². The Hall–Kier alpha value is -1.93. The first-order valence-electron chi connectivity index (χ1n) is 11.1. The highest BCUT2D eigenvalue weighted by Gasteiger charge is 2.65. The lowest BCUT2D eigenvalue weighted by molar-refractivity contribution is -0.824. The highest BCUT2D eigenvalue weighted by molar-refractivity contribution is 9.10. The summed E-state index contributed by atoms with van der Waals surface area (Å²) in [6.07, 6.45) is 0. The van der Waals surface area contributed by atoms with E-state index in [2.05, 4.69) is 33.0 Å². The molecule has 2 amide bonds. The minimum Gasteiger partial charge on any atom is -0.623 e. The summed E-state index contributed by atoms with van der Waals surface area (Å²) >= 11 is 16.0. The van der Waals surface area contributed by atoms with E-state index in [0.717, 1.165) is 10.0 Å². The lowest BCUT2D eigenvalue weighted by Crippen LogP contribution is -2.61. The number of hydrogen-bond donors (Lipinski definition) is 0. The zero-order valence-electron chi connectivity index (χ0n) is 18.6. The summed E-state index contributed by atoms with van der Waals surface area (Å²) in [6, 6.07) is 22.8. The zero-order chi connectivity index (χ0) is 24.1. The number of hydroxylamine groups is 3. The lowest BCUT2D eigenvalue weighted by Gasteiger charge is -2.46. The quantitative estimate of drug-likeness (QED) is 0.264. The molecule has 176 valence electrons. The Balaban J connectivity index is 1.57. The average Bonchev–Trinajstić information content (AvgIpc) is 3.25. The molecule has 2 aliphatic rings. The van der Waals surface area contributed by atoms with Gasteiger partial charge in [0.05, 0.1) is 31.7 Å². The predicted molar refractivity (Wildman–Crippen MR) is 140 cm³/mol. The Morgan fingerprint density at radius 2 is 1.68 bits per heavy atom. The fraction of sp³-hybridized carbons (Fsp3) is 0.269. The van der Waals surface area contributed by atoms with Crippen molar-refractivity contribution in [1.29, 1.82) is 0 Å². The first-order chi connectivity index (χ1) is 16.2. The Kier molecular flexibility index (Phi) is 6.25. The maximum absolute atomic E-state index is 14.2. The van der Waals surface area contributed by atoms with Crippen molar-refractivity contribution in [3.63, 3.8) is 0 Å². The Labute approximate surface area is 217 Å². The third-order valence-electron chi connectivity index (χ3n) is 7.14. The molecule has 3 aromatic rings. The van der Waals surface area contributed by atoms with Crippen LogP contribution >= 0.6 is 39.1 Å².